The lowest BCUT2D eigenvalue weighted by molar-refractivity contribution is -0.137. The van der Waals surface area contributed by atoms with Crippen LogP contribution in [0.3, 0.4) is 0 Å². The van der Waals surface area contributed by atoms with Crippen LogP contribution in [-0.4, -0.2) is 26.8 Å². The molecule has 0 atom stereocenters. The Morgan fingerprint density at radius 3 is 2.90 bits per heavy atom. The van der Waals surface area contributed by atoms with Crippen LogP contribution in [0.1, 0.15) is 33.5 Å². The quantitative estimate of drug-likeness (QED) is 0.859. The maximum absolute atomic E-state index is 12.2. The SMILES string of the molecule is CCCc1cc(C(=O)Nc2cnn(CC(=O)O)c2)sc1C. The van der Waals surface area contributed by atoms with Crippen molar-refractivity contribution in [2.45, 2.75) is 33.2 Å². The van der Waals surface area contributed by atoms with E-state index in [1.165, 1.54) is 34.0 Å². The zero-order valence-electron chi connectivity index (χ0n) is 11.9. The molecule has 2 aromatic rings. The molecule has 0 fully saturated rings. The van der Waals surface area contributed by atoms with E-state index in [9.17, 15) is 9.59 Å². The molecule has 112 valence electrons. The summed E-state index contributed by atoms with van der Waals surface area (Å²) >= 11 is 1.47. The zero-order chi connectivity index (χ0) is 15.4. The van der Waals surface area contributed by atoms with Crippen molar-refractivity contribution in [3.63, 3.8) is 0 Å². The number of amides is 1. The average molecular weight is 307 g/mol. The number of carboxylic acids is 1. The van der Waals surface area contributed by atoms with Crippen LogP contribution < -0.4 is 5.32 Å². The lowest BCUT2D eigenvalue weighted by Gasteiger charge is -1.99. The van der Waals surface area contributed by atoms with Gasteiger partial charge in [-0.25, -0.2) is 0 Å². The van der Waals surface area contributed by atoms with Gasteiger partial charge in [0.05, 0.1) is 16.8 Å². The van der Waals surface area contributed by atoms with Gasteiger partial charge in [-0.2, -0.15) is 5.10 Å². The van der Waals surface area contributed by atoms with Crippen LogP contribution in [-0.2, 0) is 17.8 Å². The van der Waals surface area contributed by atoms with Crippen molar-refractivity contribution in [1.82, 2.24) is 9.78 Å². The fourth-order valence-electron chi connectivity index (χ4n) is 2.00. The lowest BCUT2D eigenvalue weighted by Crippen LogP contribution is -2.10. The number of carbonyl (C=O) groups excluding carboxylic acids is 1. The van der Waals surface area contributed by atoms with Gasteiger partial charge in [-0.1, -0.05) is 13.3 Å². The smallest absolute Gasteiger partial charge is 0.325 e. The summed E-state index contributed by atoms with van der Waals surface area (Å²) in [4.78, 5) is 24.5. The molecule has 0 spiro atoms. The minimum atomic E-state index is -0.978. The first-order valence-corrected chi connectivity index (χ1v) is 7.46. The van der Waals surface area contributed by atoms with E-state index in [1.807, 2.05) is 13.0 Å². The number of aryl methyl sites for hydroxylation is 2. The Hall–Kier alpha value is -2.15. The van der Waals surface area contributed by atoms with Crippen LogP contribution in [0, 0.1) is 6.92 Å². The number of carbonyl (C=O) groups is 2. The first-order valence-electron chi connectivity index (χ1n) is 6.64. The number of aromatic nitrogens is 2. The van der Waals surface area contributed by atoms with Crippen LogP contribution in [0.2, 0.25) is 0 Å². The molecule has 0 bridgehead atoms. The van der Waals surface area contributed by atoms with Gasteiger partial charge >= 0.3 is 5.97 Å². The third-order valence-corrected chi connectivity index (χ3v) is 4.04. The van der Waals surface area contributed by atoms with E-state index in [-0.39, 0.29) is 12.5 Å². The normalized spacial score (nSPS) is 10.6. The monoisotopic (exact) mass is 307 g/mol. The summed E-state index contributed by atoms with van der Waals surface area (Å²) in [6.45, 7) is 3.89. The number of hydrogen-bond donors (Lipinski definition) is 2. The van der Waals surface area contributed by atoms with Gasteiger partial charge in [0.1, 0.15) is 6.54 Å². The summed E-state index contributed by atoms with van der Waals surface area (Å²) in [7, 11) is 0. The van der Waals surface area contributed by atoms with E-state index in [0.29, 0.717) is 10.6 Å². The molecule has 1 amide bonds. The van der Waals surface area contributed by atoms with Gasteiger partial charge < -0.3 is 10.4 Å². The summed E-state index contributed by atoms with van der Waals surface area (Å²) in [6, 6.07) is 1.92. The zero-order valence-corrected chi connectivity index (χ0v) is 12.7. The van der Waals surface area contributed by atoms with Crippen LogP contribution in [0.5, 0.6) is 0 Å². The number of thiophene rings is 1. The number of carboxylic acid groups (broad SMARTS) is 1. The molecule has 0 radical (unpaired) electrons. The fourth-order valence-corrected chi connectivity index (χ4v) is 2.96. The summed E-state index contributed by atoms with van der Waals surface area (Å²) in [5.41, 5.74) is 1.69. The molecule has 7 heteroatoms. The summed E-state index contributed by atoms with van der Waals surface area (Å²) in [5, 5.41) is 15.3. The number of hydrogen-bond acceptors (Lipinski definition) is 4. The third-order valence-electron chi connectivity index (χ3n) is 2.95. The molecule has 0 aromatic carbocycles. The van der Waals surface area contributed by atoms with Gasteiger partial charge in [-0.05, 0) is 25.0 Å². The van der Waals surface area contributed by atoms with E-state index < -0.39 is 5.97 Å². The molecule has 0 aliphatic heterocycles. The molecular formula is C14H17N3O3S. The first-order chi connectivity index (χ1) is 9.99. The Morgan fingerprint density at radius 2 is 2.24 bits per heavy atom. The molecule has 0 aliphatic carbocycles. The Labute approximate surface area is 126 Å². The van der Waals surface area contributed by atoms with Crippen molar-refractivity contribution in [3.05, 3.63) is 33.8 Å². The van der Waals surface area contributed by atoms with Crippen LogP contribution in [0.4, 0.5) is 5.69 Å². The highest BCUT2D eigenvalue weighted by atomic mass is 32.1. The van der Waals surface area contributed by atoms with Crippen molar-refractivity contribution in [2.24, 2.45) is 0 Å². The largest absolute Gasteiger partial charge is 0.480 e. The van der Waals surface area contributed by atoms with Crippen molar-refractivity contribution in [2.75, 3.05) is 5.32 Å². The van der Waals surface area contributed by atoms with Gasteiger partial charge in [0.15, 0.2) is 0 Å². The molecule has 6 nitrogen and oxygen atoms in total. The van der Waals surface area contributed by atoms with Gasteiger partial charge in [0, 0.05) is 11.1 Å². The number of nitrogens with one attached hydrogen (secondary N) is 1. The van der Waals surface area contributed by atoms with Crippen molar-refractivity contribution in [3.8, 4) is 0 Å². The summed E-state index contributed by atoms with van der Waals surface area (Å²) in [5.74, 6) is -1.17. The minimum absolute atomic E-state index is 0.194. The molecule has 21 heavy (non-hydrogen) atoms. The number of nitrogens with zero attached hydrogens (tertiary/aromatic N) is 2. The third kappa shape index (κ3) is 3.91. The van der Waals surface area contributed by atoms with Crippen molar-refractivity contribution in [1.29, 1.82) is 0 Å². The molecule has 0 unspecified atom stereocenters. The van der Waals surface area contributed by atoms with Crippen LogP contribution in [0.25, 0.3) is 0 Å². The Bertz CT molecular complexity index is 660. The Kier molecular flexibility index (Phi) is 4.74. The van der Waals surface area contributed by atoms with E-state index in [0.717, 1.165) is 17.7 Å². The van der Waals surface area contributed by atoms with Gasteiger partial charge in [-0.15, -0.1) is 11.3 Å². The maximum Gasteiger partial charge on any atom is 0.325 e. The van der Waals surface area contributed by atoms with E-state index >= 15 is 0 Å². The first kappa shape index (κ1) is 15.2. The molecule has 0 aliphatic rings. The maximum atomic E-state index is 12.2. The van der Waals surface area contributed by atoms with E-state index in [4.69, 9.17) is 5.11 Å². The van der Waals surface area contributed by atoms with Gasteiger partial charge in [0.2, 0.25) is 0 Å². The second-order valence-electron chi connectivity index (χ2n) is 4.72. The van der Waals surface area contributed by atoms with Crippen LogP contribution in [0.15, 0.2) is 18.5 Å². The predicted octanol–water partition coefficient (Wildman–Crippen LogP) is 2.54. The molecule has 0 saturated heterocycles. The standard InChI is InChI=1S/C14H17N3O3S/c1-3-4-10-5-12(21-9(10)2)14(20)16-11-6-15-17(7-11)8-13(18)19/h5-7H,3-4,8H2,1-2H3,(H,16,20)(H,18,19). The van der Waals surface area contributed by atoms with Crippen molar-refractivity contribution >= 4 is 28.9 Å². The fraction of sp³-hybridized carbons (Fsp3) is 0.357. The number of rotatable bonds is 6. The van der Waals surface area contributed by atoms with Crippen LogP contribution >= 0.6 is 11.3 Å². The van der Waals surface area contributed by atoms with E-state index in [1.54, 1.807) is 0 Å². The number of aliphatic carboxylic acids is 1. The highest BCUT2D eigenvalue weighted by Gasteiger charge is 2.13. The Morgan fingerprint density at radius 1 is 1.48 bits per heavy atom. The minimum Gasteiger partial charge on any atom is -0.480 e. The molecule has 2 aromatic heterocycles. The highest BCUT2D eigenvalue weighted by Crippen LogP contribution is 2.23. The highest BCUT2D eigenvalue weighted by molar-refractivity contribution is 7.14. The van der Waals surface area contributed by atoms with Crippen molar-refractivity contribution < 1.29 is 14.7 Å². The topological polar surface area (TPSA) is 84.2 Å². The number of anilines is 1. The lowest BCUT2D eigenvalue weighted by atomic mass is 10.1. The predicted molar refractivity (Wildman–Crippen MR) is 80.9 cm³/mol. The van der Waals surface area contributed by atoms with Gasteiger partial charge in [-0.3, -0.25) is 14.3 Å². The molecule has 2 heterocycles. The summed E-state index contributed by atoms with van der Waals surface area (Å²) < 4.78 is 1.26. The average Bonchev–Trinajstić information content (AvgIpc) is 2.97. The van der Waals surface area contributed by atoms with E-state index in [2.05, 4.69) is 17.3 Å². The summed E-state index contributed by atoms with van der Waals surface area (Å²) in [6.07, 6.45) is 4.94. The second-order valence-corrected chi connectivity index (χ2v) is 5.97. The Balaban J connectivity index is 2.05. The second kappa shape index (κ2) is 6.53. The molecule has 0 saturated carbocycles. The van der Waals surface area contributed by atoms with Gasteiger partial charge in [0.25, 0.3) is 5.91 Å². The molecule has 2 N–H and O–H groups in total. The molecule has 2 rings (SSSR count). The molecular weight excluding hydrogens is 290 g/mol.